The fourth-order valence-electron chi connectivity index (χ4n) is 2.94. The third-order valence-electron chi connectivity index (χ3n) is 4.38. The van der Waals surface area contributed by atoms with Gasteiger partial charge in [-0.1, -0.05) is 30.3 Å². The van der Waals surface area contributed by atoms with Gasteiger partial charge >= 0.3 is 11.9 Å². The molecule has 1 aliphatic rings. The number of carbonyl (C=O) groups is 2. The van der Waals surface area contributed by atoms with Gasteiger partial charge in [0.2, 0.25) is 6.79 Å². The number of hydrogen-bond donors (Lipinski definition) is 0. The zero-order chi connectivity index (χ0) is 20.2. The Morgan fingerprint density at radius 3 is 2.21 bits per heavy atom. The van der Waals surface area contributed by atoms with Crippen LogP contribution in [0.1, 0.15) is 22.8 Å². The van der Waals surface area contributed by atoms with Gasteiger partial charge in [-0.25, -0.2) is 4.79 Å². The molecule has 6 nitrogen and oxygen atoms in total. The summed E-state index contributed by atoms with van der Waals surface area (Å²) in [6.45, 7) is 1.71. The second kappa shape index (κ2) is 8.06. The Morgan fingerprint density at radius 1 is 0.862 bits per heavy atom. The summed E-state index contributed by atoms with van der Waals surface area (Å²) in [5.74, 6) is 1.07. The van der Waals surface area contributed by atoms with Gasteiger partial charge in [-0.2, -0.15) is 0 Å². The van der Waals surface area contributed by atoms with Crippen molar-refractivity contribution in [2.75, 3.05) is 6.79 Å². The molecule has 6 heteroatoms. The fraction of sp³-hybridized carbons (Fsp3) is 0.130. The van der Waals surface area contributed by atoms with Crippen LogP contribution in [0.15, 0.2) is 66.7 Å². The topological polar surface area (TPSA) is 71.1 Å². The molecule has 0 bridgehead atoms. The lowest BCUT2D eigenvalue weighted by Gasteiger charge is -2.07. The van der Waals surface area contributed by atoms with Gasteiger partial charge in [-0.3, -0.25) is 4.79 Å². The minimum Gasteiger partial charge on any atom is -0.457 e. The Balaban J connectivity index is 1.38. The third kappa shape index (κ3) is 4.38. The molecule has 0 radical (unpaired) electrons. The molecule has 1 aliphatic heterocycles. The summed E-state index contributed by atoms with van der Waals surface area (Å²) in [6, 6.07) is 19.7. The lowest BCUT2D eigenvalue weighted by Crippen LogP contribution is -2.05. The summed E-state index contributed by atoms with van der Waals surface area (Å²) in [7, 11) is 0. The molecule has 0 aliphatic carbocycles. The number of fused-ring (bicyclic) bond motifs is 1. The van der Waals surface area contributed by atoms with Gasteiger partial charge < -0.3 is 18.9 Å². The molecule has 0 spiro atoms. The standard InChI is InChI=1S/C23H18O6/c1-15(24)29-20-9-7-18(8-10-20)17-3-5-19(6-4-17)23(25)26-13-16-2-11-21-22(12-16)28-14-27-21/h2-12H,13-14H2,1H3. The van der Waals surface area contributed by atoms with Crippen molar-refractivity contribution in [1.29, 1.82) is 0 Å². The first-order valence-corrected chi connectivity index (χ1v) is 9.03. The van der Waals surface area contributed by atoms with E-state index in [0.717, 1.165) is 16.7 Å². The molecule has 0 N–H and O–H groups in total. The minimum absolute atomic E-state index is 0.148. The summed E-state index contributed by atoms with van der Waals surface area (Å²) >= 11 is 0. The van der Waals surface area contributed by atoms with Crippen molar-refractivity contribution in [3.05, 3.63) is 77.9 Å². The third-order valence-corrected chi connectivity index (χ3v) is 4.38. The molecule has 0 fully saturated rings. The van der Waals surface area contributed by atoms with Crippen LogP contribution in [0.2, 0.25) is 0 Å². The molecule has 3 aromatic carbocycles. The molecular formula is C23H18O6. The van der Waals surface area contributed by atoms with E-state index in [2.05, 4.69) is 0 Å². The number of hydrogen-bond acceptors (Lipinski definition) is 6. The van der Waals surface area contributed by atoms with Crippen LogP contribution in [-0.4, -0.2) is 18.7 Å². The molecule has 0 saturated heterocycles. The molecule has 0 saturated carbocycles. The molecule has 0 unspecified atom stereocenters. The van der Waals surface area contributed by atoms with E-state index in [-0.39, 0.29) is 19.4 Å². The Hall–Kier alpha value is -3.80. The number of ether oxygens (including phenoxy) is 4. The van der Waals surface area contributed by atoms with Crippen LogP contribution in [0, 0.1) is 0 Å². The zero-order valence-electron chi connectivity index (χ0n) is 15.7. The zero-order valence-corrected chi connectivity index (χ0v) is 15.7. The van der Waals surface area contributed by atoms with Gasteiger partial charge in [0.1, 0.15) is 12.4 Å². The summed E-state index contributed by atoms with van der Waals surface area (Å²) in [4.78, 5) is 23.3. The van der Waals surface area contributed by atoms with Crippen molar-refractivity contribution in [2.45, 2.75) is 13.5 Å². The molecule has 0 atom stereocenters. The summed E-state index contributed by atoms with van der Waals surface area (Å²) < 4.78 is 21.0. The van der Waals surface area contributed by atoms with Crippen molar-refractivity contribution in [3.63, 3.8) is 0 Å². The Kier molecular flexibility index (Phi) is 5.16. The minimum atomic E-state index is -0.403. The molecule has 4 rings (SSSR count). The predicted octanol–water partition coefficient (Wildman–Crippen LogP) is 4.36. The van der Waals surface area contributed by atoms with Crippen molar-refractivity contribution < 1.29 is 28.5 Å². The van der Waals surface area contributed by atoms with Crippen LogP contribution < -0.4 is 14.2 Å². The van der Waals surface area contributed by atoms with E-state index < -0.39 is 5.97 Å². The largest absolute Gasteiger partial charge is 0.457 e. The van der Waals surface area contributed by atoms with Crippen LogP contribution in [0.25, 0.3) is 11.1 Å². The maximum atomic E-state index is 12.3. The predicted molar refractivity (Wildman–Crippen MR) is 105 cm³/mol. The van der Waals surface area contributed by atoms with Gasteiger partial charge in [-0.15, -0.1) is 0 Å². The monoisotopic (exact) mass is 390 g/mol. The van der Waals surface area contributed by atoms with Crippen LogP contribution in [0.5, 0.6) is 17.2 Å². The van der Waals surface area contributed by atoms with Gasteiger partial charge in [0.25, 0.3) is 0 Å². The highest BCUT2D eigenvalue weighted by Gasteiger charge is 2.14. The first-order valence-electron chi connectivity index (χ1n) is 9.03. The van der Waals surface area contributed by atoms with E-state index in [9.17, 15) is 9.59 Å². The van der Waals surface area contributed by atoms with Gasteiger partial charge in [0.05, 0.1) is 5.56 Å². The van der Waals surface area contributed by atoms with Crippen molar-refractivity contribution in [3.8, 4) is 28.4 Å². The van der Waals surface area contributed by atoms with E-state index in [0.29, 0.717) is 22.8 Å². The molecule has 3 aromatic rings. The number of esters is 2. The molecule has 146 valence electrons. The van der Waals surface area contributed by atoms with Gasteiger partial charge in [-0.05, 0) is 53.1 Å². The van der Waals surface area contributed by atoms with Crippen molar-refractivity contribution in [1.82, 2.24) is 0 Å². The first kappa shape index (κ1) is 18.6. The van der Waals surface area contributed by atoms with Gasteiger partial charge in [0.15, 0.2) is 11.5 Å². The summed E-state index contributed by atoms with van der Waals surface area (Å²) in [6.07, 6.45) is 0. The van der Waals surface area contributed by atoms with Crippen molar-refractivity contribution in [2.24, 2.45) is 0 Å². The lowest BCUT2D eigenvalue weighted by molar-refractivity contribution is -0.131. The summed E-state index contributed by atoms with van der Waals surface area (Å²) in [5, 5.41) is 0. The summed E-state index contributed by atoms with van der Waals surface area (Å²) in [5.41, 5.74) is 3.17. The highest BCUT2D eigenvalue weighted by Crippen LogP contribution is 2.32. The van der Waals surface area contributed by atoms with Gasteiger partial charge in [0, 0.05) is 6.92 Å². The SMILES string of the molecule is CC(=O)Oc1ccc(-c2ccc(C(=O)OCc3ccc4c(c3)OCO4)cc2)cc1. The maximum Gasteiger partial charge on any atom is 0.338 e. The second-order valence-corrected chi connectivity index (χ2v) is 6.46. The molecular weight excluding hydrogens is 372 g/mol. The van der Waals surface area contributed by atoms with E-state index in [1.165, 1.54) is 6.92 Å². The number of carbonyl (C=O) groups excluding carboxylic acids is 2. The number of benzene rings is 3. The second-order valence-electron chi connectivity index (χ2n) is 6.46. The quantitative estimate of drug-likeness (QED) is 0.476. The highest BCUT2D eigenvalue weighted by atomic mass is 16.7. The van der Waals surface area contributed by atoms with Crippen LogP contribution >= 0.6 is 0 Å². The normalized spacial score (nSPS) is 11.8. The average molecular weight is 390 g/mol. The Morgan fingerprint density at radius 2 is 1.52 bits per heavy atom. The molecule has 0 aromatic heterocycles. The van der Waals surface area contributed by atoms with Crippen molar-refractivity contribution >= 4 is 11.9 Å². The fourth-order valence-corrected chi connectivity index (χ4v) is 2.94. The highest BCUT2D eigenvalue weighted by molar-refractivity contribution is 5.90. The Labute approximate surface area is 167 Å². The van der Waals surface area contributed by atoms with E-state index in [1.54, 1.807) is 36.4 Å². The van der Waals surface area contributed by atoms with E-state index >= 15 is 0 Å². The smallest absolute Gasteiger partial charge is 0.338 e. The van der Waals surface area contributed by atoms with Crippen LogP contribution in [-0.2, 0) is 16.1 Å². The Bertz CT molecular complexity index is 1040. The molecule has 29 heavy (non-hydrogen) atoms. The average Bonchev–Trinajstić information content (AvgIpc) is 3.20. The molecule has 0 amide bonds. The van der Waals surface area contributed by atoms with Crippen LogP contribution in [0.4, 0.5) is 0 Å². The van der Waals surface area contributed by atoms with E-state index in [4.69, 9.17) is 18.9 Å². The maximum absolute atomic E-state index is 12.3. The number of rotatable bonds is 5. The van der Waals surface area contributed by atoms with Crippen LogP contribution in [0.3, 0.4) is 0 Å². The molecule has 1 heterocycles. The first-order chi connectivity index (χ1) is 14.1. The van der Waals surface area contributed by atoms with E-state index in [1.807, 2.05) is 30.3 Å². The lowest BCUT2D eigenvalue weighted by atomic mass is 10.0.